The fourth-order valence-electron chi connectivity index (χ4n) is 5.26. The summed E-state index contributed by atoms with van der Waals surface area (Å²) in [5, 5.41) is 0. The SMILES string of the molecule is CC(C)N=C1B(N(C)C)C2c3ccccc3C(B1N(C)C)c1ccccc12. The number of hydrogen-bond donors (Lipinski definition) is 0. The van der Waals surface area contributed by atoms with Gasteiger partial charge < -0.3 is 14.6 Å². The molecule has 1 aliphatic carbocycles. The number of fused-ring (bicyclic) bond motifs is 2. The zero-order valence-electron chi connectivity index (χ0n) is 17.3. The molecule has 0 spiro atoms. The Balaban J connectivity index is 2.10. The van der Waals surface area contributed by atoms with Crippen LogP contribution in [-0.4, -0.2) is 63.1 Å². The number of hydrogen-bond acceptors (Lipinski definition) is 3. The van der Waals surface area contributed by atoms with E-state index in [-0.39, 0.29) is 19.7 Å². The molecule has 0 atom stereocenters. The third kappa shape index (κ3) is 2.88. The van der Waals surface area contributed by atoms with Gasteiger partial charge in [-0.25, -0.2) is 0 Å². The Morgan fingerprint density at radius 1 is 0.704 bits per heavy atom. The van der Waals surface area contributed by atoms with Crippen LogP contribution in [0.5, 0.6) is 0 Å². The maximum absolute atomic E-state index is 5.24. The maximum Gasteiger partial charge on any atom is 0.277 e. The van der Waals surface area contributed by atoms with E-state index in [0.717, 1.165) is 0 Å². The minimum Gasteiger partial charge on any atom is -0.343 e. The lowest BCUT2D eigenvalue weighted by atomic mass is 9.31. The second-order valence-corrected chi connectivity index (χ2v) is 8.68. The van der Waals surface area contributed by atoms with Gasteiger partial charge in [0.25, 0.3) is 13.7 Å². The molecule has 0 fully saturated rings. The highest BCUT2D eigenvalue weighted by molar-refractivity contribution is 7.19. The summed E-state index contributed by atoms with van der Waals surface area (Å²) in [6.45, 7) is 4.91. The molecule has 5 heteroatoms. The largest absolute Gasteiger partial charge is 0.343 e. The molecule has 2 aliphatic heterocycles. The lowest BCUT2D eigenvalue weighted by molar-refractivity contribution is 0.636. The molecule has 3 nitrogen and oxygen atoms in total. The third-order valence-corrected chi connectivity index (χ3v) is 6.09. The van der Waals surface area contributed by atoms with Crippen LogP contribution in [0.15, 0.2) is 53.5 Å². The second kappa shape index (κ2) is 6.96. The summed E-state index contributed by atoms with van der Waals surface area (Å²) in [6.07, 6.45) is 0. The summed E-state index contributed by atoms with van der Waals surface area (Å²) < 4.78 is 0. The first-order chi connectivity index (χ1) is 12.9. The van der Waals surface area contributed by atoms with Gasteiger partial charge in [0.05, 0.1) is 0 Å². The average molecular weight is 357 g/mol. The smallest absolute Gasteiger partial charge is 0.277 e. The van der Waals surface area contributed by atoms with Crippen LogP contribution >= 0.6 is 0 Å². The van der Waals surface area contributed by atoms with Gasteiger partial charge in [-0.2, -0.15) is 0 Å². The molecule has 2 aromatic rings. The van der Waals surface area contributed by atoms with E-state index in [1.54, 1.807) is 0 Å². The van der Waals surface area contributed by atoms with E-state index in [0.29, 0.717) is 11.6 Å². The topological polar surface area (TPSA) is 18.8 Å². The molecule has 138 valence electrons. The molecule has 0 saturated carbocycles. The molecule has 0 amide bonds. The van der Waals surface area contributed by atoms with Gasteiger partial charge >= 0.3 is 0 Å². The third-order valence-electron chi connectivity index (χ3n) is 6.09. The summed E-state index contributed by atoms with van der Waals surface area (Å²) in [5.41, 5.74) is 7.21. The van der Waals surface area contributed by atoms with Gasteiger partial charge in [-0.05, 0) is 69.8 Å². The van der Waals surface area contributed by atoms with E-state index in [9.17, 15) is 0 Å². The van der Waals surface area contributed by atoms with Crippen LogP contribution in [0, 0.1) is 0 Å². The zero-order valence-corrected chi connectivity index (χ0v) is 17.3. The summed E-state index contributed by atoms with van der Waals surface area (Å²) in [6, 6.07) is 18.4. The molecule has 3 aliphatic rings. The molecular formula is C22H29B2N3. The molecule has 5 rings (SSSR count). The normalized spacial score (nSPS) is 21.0. The average Bonchev–Trinajstić information content (AvgIpc) is 2.82. The fraction of sp³-hybridized carbons (Fsp3) is 0.409. The molecule has 0 N–H and O–H groups in total. The zero-order chi connectivity index (χ0) is 19.3. The van der Waals surface area contributed by atoms with Crippen molar-refractivity contribution < 1.29 is 0 Å². The van der Waals surface area contributed by atoms with E-state index >= 15 is 0 Å². The molecule has 2 heterocycles. The van der Waals surface area contributed by atoms with E-state index in [1.165, 1.54) is 27.8 Å². The summed E-state index contributed by atoms with van der Waals surface area (Å²) >= 11 is 0. The van der Waals surface area contributed by atoms with Crippen LogP contribution in [0.25, 0.3) is 0 Å². The van der Waals surface area contributed by atoms with Gasteiger partial charge in [-0.1, -0.05) is 48.5 Å². The molecule has 0 aromatic heterocycles. The number of benzene rings is 2. The highest BCUT2D eigenvalue weighted by atomic mass is 15.0. The predicted octanol–water partition coefficient (Wildman–Crippen LogP) is 3.39. The van der Waals surface area contributed by atoms with E-state index in [2.05, 4.69) is 100 Å². The van der Waals surface area contributed by atoms with Crippen molar-refractivity contribution in [1.29, 1.82) is 0 Å². The Bertz CT molecular complexity index is 764. The van der Waals surface area contributed by atoms with E-state index in [4.69, 9.17) is 4.99 Å². The second-order valence-electron chi connectivity index (χ2n) is 8.68. The highest BCUT2D eigenvalue weighted by Gasteiger charge is 2.53. The van der Waals surface area contributed by atoms with Crippen LogP contribution in [0.2, 0.25) is 0 Å². The van der Waals surface area contributed by atoms with Gasteiger partial charge in [0, 0.05) is 17.7 Å². The maximum atomic E-state index is 5.24. The highest BCUT2D eigenvalue weighted by Crippen LogP contribution is 2.49. The van der Waals surface area contributed by atoms with Gasteiger partial charge in [-0.15, -0.1) is 0 Å². The van der Waals surface area contributed by atoms with Crippen LogP contribution in [0.1, 0.15) is 47.7 Å². The first kappa shape index (κ1) is 18.5. The lowest BCUT2D eigenvalue weighted by Gasteiger charge is -2.34. The Morgan fingerprint density at radius 2 is 1.04 bits per heavy atom. The van der Waals surface area contributed by atoms with Crippen molar-refractivity contribution in [2.75, 3.05) is 28.2 Å². The van der Waals surface area contributed by atoms with Crippen LogP contribution in [-0.2, 0) is 0 Å². The van der Waals surface area contributed by atoms with Crippen LogP contribution in [0.4, 0.5) is 0 Å². The number of aliphatic imine (C=N–C) groups is 1. The Morgan fingerprint density at radius 3 is 1.30 bits per heavy atom. The minimum absolute atomic E-state index is 0.259. The Labute approximate surface area is 164 Å². The molecule has 0 radical (unpaired) electrons. The monoisotopic (exact) mass is 357 g/mol. The molecule has 0 saturated heterocycles. The van der Waals surface area contributed by atoms with Crippen molar-refractivity contribution in [3.05, 3.63) is 70.8 Å². The van der Waals surface area contributed by atoms with Crippen molar-refractivity contribution in [3.63, 3.8) is 0 Å². The first-order valence-corrected chi connectivity index (χ1v) is 10.00. The molecular weight excluding hydrogens is 328 g/mol. The first-order valence-electron chi connectivity index (χ1n) is 10.00. The lowest BCUT2D eigenvalue weighted by Crippen LogP contribution is -2.56. The van der Waals surface area contributed by atoms with Crippen molar-refractivity contribution in [2.24, 2.45) is 4.99 Å². The summed E-state index contributed by atoms with van der Waals surface area (Å²) in [4.78, 5) is 10.00. The summed E-state index contributed by atoms with van der Waals surface area (Å²) in [5.74, 6) is 0.650. The molecule has 2 bridgehead atoms. The van der Waals surface area contributed by atoms with Crippen LogP contribution in [0.3, 0.4) is 0 Å². The van der Waals surface area contributed by atoms with E-state index in [1.807, 2.05) is 0 Å². The van der Waals surface area contributed by atoms with Gasteiger partial charge in [-0.3, -0.25) is 0 Å². The molecule has 27 heavy (non-hydrogen) atoms. The Hall–Kier alpha value is -1.84. The van der Waals surface area contributed by atoms with Gasteiger partial charge in [0.2, 0.25) is 0 Å². The predicted molar refractivity (Wildman–Crippen MR) is 118 cm³/mol. The quantitative estimate of drug-likeness (QED) is 0.785. The Kier molecular flexibility index (Phi) is 4.77. The van der Waals surface area contributed by atoms with Crippen molar-refractivity contribution in [2.45, 2.75) is 31.5 Å². The van der Waals surface area contributed by atoms with Crippen LogP contribution < -0.4 is 0 Å². The molecule has 0 unspecified atom stereocenters. The minimum atomic E-state index is 0.259. The summed E-state index contributed by atoms with van der Waals surface area (Å²) in [7, 11) is 8.82. The van der Waals surface area contributed by atoms with Crippen molar-refractivity contribution >= 4 is 19.2 Å². The molecule has 2 aromatic carbocycles. The van der Waals surface area contributed by atoms with Crippen molar-refractivity contribution in [3.8, 4) is 0 Å². The van der Waals surface area contributed by atoms with Crippen molar-refractivity contribution in [1.82, 2.24) is 9.62 Å². The standard InChI is InChI=1S/C22H29B2N3/c1-15(2)25-22-23(26(3)4)20-16-11-7-9-13-18(16)21(24(22)27(5)6)19-14-10-8-12-17(19)20/h7-15,20-21H,1-6H3. The van der Waals surface area contributed by atoms with E-state index < -0.39 is 0 Å². The number of nitrogens with zero attached hydrogens (tertiary/aromatic N) is 3. The van der Waals surface area contributed by atoms with Gasteiger partial charge in [0.1, 0.15) is 0 Å². The number of rotatable bonds is 3. The van der Waals surface area contributed by atoms with Gasteiger partial charge in [0.15, 0.2) is 0 Å². The fourth-order valence-corrected chi connectivity index (χ4v) is 5.26.